The van der Waals surface area contributed by atoms with E-state index in [2.05, 4.69) is 11.0 Å². The van der Waals surface area contributed by atoms with Crippen LogP contribution in [0.5, 0.6) is 0 Å². The van der Waals surface area contributed by atoms with Crippen LogP contribution in [0.2, 0.25) is 0 Å². The van der Waals surface area contributed by atoms with E-state index in [1.54, 1.807) is 6.26 Å². The van der Waals surface area contributed by atoms with Gasteiger partial charge in [0.1, 0.15) is 5.76 Å². The van der Waals surface area contributed by atoms with Gasteiger partial charge in [0.15, 0.2) is 0 Å². The second-order valence-electron chi connectivity index (χ2n) is 4.56. The predicted octanol–water partition coefficient (Wildman–Crippen LogP) is 2.97. The summed E-state index contributed by atoms with van der Waals surface area (Å²) in [6, 6.07) is 4.57. The lowest BCUT2D eigenvalue weighted by Gasteiger charge is -2.25. The molecule has 0 aliphatic carbocycles. The number of furan rings is 1. The van der Waals surface area contributed by atoms with Crippen LogP contribution in [0.3, 0.4) is 0 Å². The molecule has 1 fully saturated rings. The lowest BCUT2D eigenvalue weighted by Crippen LogP contribution is -2.25. The fourth-order valence-electron chi connectivity index (χ4n) is 2.52. The van der Waals surface area contributed by atoms with Crippen LogP contribution in [0.1, 0.15) is 43.9 Å². The highest BCUT2D eigenvalue weighted by atomic mass is 35.5. The number of hydrogen-bond donors (Lipinski definition) is 1. The summed E-state index contributed by atoms with van der Waals surface area (Å²) in [6.07, 6.45) is 7.91. The van der Waals surface area contributed by atoms with Crippen LogP contribution in [0.15, 0.2) is 22.8 Å². The normalized spacial score (nSPS) is 17.9. The Labute approximate surface area is 110 Å². The number of likely N-dealkylation sites (tertiary alicyclic amines) is 1. The third-order valence-electron chi connectivity index (χ3n) is 3.38. The maximum absolute atomic E-state index is 5.57. The predicted molar refractivity (Wildman–Crippen MR) is 72.4 cm³/mol. The van der Waals surface area contributed by atoms with Crippen LogP contribution >= 0.6 is 12.4 Å². The van der Waals surface area contributed by atoms with Crippen LogP contribution in [-0.4, -0.2) is 24.5 Å². The van der Waals surface area contributed by atoms with E-state index in [1.807, 2.05) is 6.07 Å². The highest BCUT2D eigenvalue weighted by Gasteiger charge is 2.24. The van der Waals surface area contributed by atoms with Crippen LogP contribution in [0.4, 0.5) is 0 Å². The van der Waals surface area contributed by atoms with E-state index >= 15 is 0 Å². The summed E-state index contributed by atoms with van der Waals surface area (Å²) in [5.74, 6) is 1.12. The molecule has 17 heavy (non-hydrogen) atoms. The van der Waals surface area contributed by atoms with Crippen LogP contribution in [-0.2, 0) is 0 Å². The van der Waals surface area contributed by atoms with Gasteiger partial charge in [-0.1, -0.05) is 6.42 Å². The molecule has 1 aromatic rings. The van der Waals surface area contributed by atoms with E-state index < -0.39 is 0 Å². The van der Waals surface area contributed by atoms with E-state index in [0.717, 1.165) is 18.7 Å². The Hall–Kier alpha value is -0.510. The Morgan fingerprint density at radius 2 is 2.06 bits per heavy atom. The van der Waals surface area contributed by atoms with Crippen molar-refractivity contribution in [3.63, 3.8) is 0 Å². The van der Waals surface area contributed by atoms with E-state index in [4.69, 9.17) is 10.2 Å². The fourth-order valence-corrected chi connectivity index (χ4v) is 2.52. The Morgan fingerprint density at radius 3 is 2.65 bits per heavy atom. The molecule has 1 unspecified atom stereocenters. The van der Waals surface area contributed by atoms with Gasteiger partial charge >= 0.3 is 0 Å². The van der Waals surface area contributed by atoms with Crippen molar-refractivity contribution in [1.82, 2.24) is 4.90 Å². The molecule has 1 aliphatic heterocycles. The summed E-state index contributed by atoms with van der Waals surface area (Å²) in [5.41, 5.74) is 5.55. The summed E-state index contributed by atoms with van der Waals surface area (Å²) in [7, 11) is 0. The SMILES string of the molecule is Cl.NCCCCC(c1ccco1)N1CCCC1. The smallest absolute Gasteiger partial charge is 0.120 e. The highest BCUT2D eigenvalue weighted by Crippen LogP contribution is 2.29. The topological polar surface area (TPSA) is 42.4 Å². The molecule has 98 valence electrons. The zero-order chi connectivity index (χ0) is 11.2. The first-order chi connectivity index (χ1) is 7.92. The molecule has 0 amide bonds. The largest absolute Gasteiger partial charge is 0.468 e. The molecule has 1 aliphatic rings. The van der Waals surface area contributed by atoms with Crippen molar-refractivity contribution >= 4 is 12.4 Å². The van der Waals surface area contributed by atoms with E-state index in [0.29, 0.717) is 6.04 Å². The summed E-state index contributed by atoms with van der Waals surface area (Å²) in [6.45, 7) is 3.23. The number of nitrogens with two attached hydrogens (primary N) is 1. The molecule has 4 heteroatoms. The van der Waals surface area contributed by atoms with Gasteiger partial charge in [0.2, 0.25) is 0 Å². The van der Waals surface area contributed by atoms with Gasteiger partial charge < -0.3 is 10.2 Å². The minimum Gasteiger partial charge on any atom is -0.468 e. The number of unbranched alkanes of at least 4 members (excludes halogenated alkanes) is 1. The number of nitrogens with zero attached hydrogens (tertiary/aromatic N) is 1. The van der Waals surface area contributed by atoms with Gasteiger partial charge in [-0.25, -0.2) is 0 Å². The zero-order valence-corrected chi connectivity index (χ0v) is 11.1. The molecule has 0 bridgehead atoms. The Morgan fingerprint density at radius 1 is 1.29 bits per heavy atom. The van der Waals surface area contributed by atoms with Crippen molar-refractivity contribution < 1.29 is 4.42 Å². The number of halogens is 1. The van der Waals surface area contributed by atoms with Crippen LogP contribution in [0.25, 0.3) is 0 Å². The molecule has 1 saturated heterocycles. The Bertz CT molecular complexity index is 284. The highest BCUT2D eigenvalue weighted by molar-refractivity contribution is 5.85. The fraction of sp³-hybridized carbons (Fsp3) is 0.692. The Kier molecular flexibility index (Phi) is 6.63. The van der Waals surface area contributed by atoms with Gasteiger partial charge in [0.25, 0.3) is 0 Å². The van der Waals surface area contributed by atoms with Crippen molar-refractivity contribution in [1.29, 1.82) is 0 Å². The average Bonchev–Trinajstić information content (AvgIpc) is 2.97. The maximum atomic E-state index is 5.57. The van der Waals surface area contributed by atoms with Gasteiger partial charge in [-0.15, -0.1) is 12.4 Å². The third-order valence-corrected chi connectivity index (χ3v) is 3.38. The molecular weight excluding hydrogens is 236 g/mol. The molecule has 2 rings (SSSR count). The van der Waals surface area contributed by atoms with Gasteiger partial charge in [-0.2, -0.15) is 0 Å². The molecule has 0 radical (unpaired) electrons. The molecule has 0 saturated carbocycles. The van der Waals surface area contributed by atoms with Crippen molar-refractivity contribution in [3.05, 3.63) is 24.2 Å². The molecule has 2 N–H and O–H groups in total. The van der Waals surface area contributed by atoms with Crippen molar-refractivity contribution in [2.75, 3.05) is 19.6 Å². The first-order valence-corrected chi connectivity index (χ1v) is 6.39. The summed E-state index contributed by atoms with van der Waals surface area (Å²) >= 11 is 0. The second-order valence-corrected chi connectivity index (χ2v) is 4.56. The quantitative estimate of drug-likeness (QED) is 0.798. The molecule has 0 aromatic carbocycles. The van der Waals surface area contributed by atoms with E-state index in [1.165, 1.54) is 38.8 Å². The van der Waals surface area contributed by atoms with Crippen LogP contribution in [0, 0.1) is 0 Å². The van der Waals surface area contributed by atoms with Crippen molar-refractivity contribution in [2.24, 2.45) is 5.73 Å². The third kappa shape index (κ3) is 4.02. The average molecular weight is 259 g/mol. The maximum Gasteiger partial charge on any atom is 0.120 e. The standard InChI is InChI=1S/C13H22N2O.ClH/c14-8-2-1-6-12(13-7-5-11-16-13)15-9-3-4-10-15;/h5,7,11-12H,1-4,6,8-10,14H2;1H. The van der Waals surface area contributed by atoms with Gasteiger partial charge in [0.05, 0.1) is 12.3 Å². The van der Waals surface area contributed by atoms with Crippen molar-refractivity contribution in [2.45, 2.75) is 38.1 Å². The number of rotatable bonds is 6. The molecule has 2 heterocycles. The zero-order valence-electron chi connectivity index (χ0n) is 10.3. The molecule has 1 atom stereocenters. The summed E-state index contributed by atoms with van der Waals surface area (Å²) in [5, 5.41) is 0. The first-order valence-electron chi connectivity index (χ1n) is 6.39. The lowest BCUT2D eigenvalue weighted by atomic mass is 10.1. The Balaban J connectivity index is 0.00000144. The monoisotopic (exact) mass is 258 g/mol. The summed E-state index contributed by atoms with van der Waals surface area (Å²) in [4.78, 5) is 2.55. The molecule has 1 aromatic heterocycles. The van der Waals surface area contributed by atoms with Crippen LogP contribution < -0.4 is 5.73 Å². The van der Waals surface area contributed by atoms with Crippen molar-refractivity contribution in [3.8, 4) is 0 Å². The van der Waals surface area contributed by atoms with Gasteiger partial charge in [-0.05, 0) is 57.5 Å². The minimum atomic E-state index is 0. The minimum absolute atomic E-state index is 0. The first kappa shape index (κ1) is 14.6. The molecule has 3 nitrogen and oxygen atoms in total. The lowest BCUT2D eigenvalue weighted by molar-refractivity contribution is 0.200. The van der Waals surface area contributed by atoms with Gasteiger partial charge in [-0.3, -0.25) is 4.90 Å². The van der Waals surface area contributed by atoms with E-state index in [9.17, 15) is 0 Å². The second kappa shape index (κ2) is 7.75. The molecule has 0 spiro atoms. The summed E-state index contributed by atoms with van der Waals surface area (Å²) < 4.78 is 5.57. The van der Waals surface area contributed by atoms with Gasteiger partial charge in [0, 0.05) is 0 Å². The number of hydrogen-bond acceptors (Lipinski definition) is 3. The van der Waals surface area contributed by atoms with E-state index in [-0.39, 0.29) is 12.4 Å². The molecular formula is C13H23ClN2O.